The summed E-state index contributed by atoms with van der Waals surface area (Å²) >= 11 is 5.75. The van der Waals surface area contributed by atoms with Gasteiger partial charge >= 0.3 is 5.97 Å². The van der Waals surface area contributed by atoms with Crippen LogP contribution >= 0.6 is 12.2 Å². The Morgan fingerprint density at radius 3 is 2.55 bits per heavy atom. The van der Waals surface area contributed by atoms with Crippen molar-refractivity contribution in [1.29, 1.82) is 0 Å². The number of anilines is 1. The molecule has 3 heterocycles. The summed E-state index contributed by atoms with van der Waals surface area (Å²) in [7, 11) is 0. The maximum atomic E-state index is 13.3. The summed E-state index contributed by atoms with van der Waals surface area (Å²) in [5.41, 5.74) is 5.12. The van der Waals surface area contributed by atoms with Gasteiger partial charge in [0.2, 0.25) is 5.91 Å². The number of nitrogens with one attached hydrogen (secondary N) is 2. The van der Waals surface area contributed by atoms with E-state index in [2.05, 4.69) is 21.7 Å². The van der Waals surface area contributed by atoms with Crippen LogP contribution in [0.4, 0.5) is 10.1 Å². The Bertz CT molecular complexity index is 1570. The van der Waals surface area contributed by atoms with Crippen molar-refractivity contribution >= 4 is 34.9 Å². The zero-order valence-corrected chi connectivity index (χ0v) is 22.8. The first-order valence-corrected chi connectivity index (χ1v) is 13.2. The fourth-order valence-corrected chi connectivity index (χ4v) is 5.56. The molecule has 0 aliphatic carbocycles. The number of aromatic nitrogens is 2. The molecule has 2 aromatic heterocycles. The lowest BCUT2D eigenvalue weighted by Gasteiger charge is -2.28. The zero-order valence-electron chi connectivity index (χ0n) is 22.0. The predicted molar refractivity (Wildman–Crippen MR) is 154 cm³/mol. The van der Waals surface area contributed by atoms with Crippen molar-refractivity contribution in [3.05, 3.63) is 113 Å². The lowest BCUT2D eigenvalue weighted by atomic mass is 9.96. The van der Waals surface area contributed by atoms with Crippen molar-refractivity contribution in [3.8, 4) is 5.69 Å². The highest BCUT2D eigenvalue weighted by molar-refractivity contribution is 7.80. The lowest BCUT2D eigenvalue weighted by Crippen LogP contribution is -2.32. The SMILES string of the molecule is Cc1cc([C@@H]2[C@H](c3ccccn3)NC(=S)N2CCC(=O)Nc2ccc(F)cc2)c(C)n1-c1cccc(C(=O)O)c1. The average molecular weight is 558 g/mol. The molecule has 10 heteroatoms. The van der Waals surface area contributed by atoms with E-state index in [-0.39, 0.29) is 35.8 Å². The molecular formula is C30H28FN5O3S. The fraction of sp³-hybridized carbons (Fsp3) is 0.200. The molecule has 0 radical (unpaired) electrons. The van der Waals surface area contributed by atoms with Crippen LogP contribution < -0.4 is 10.6 Å². The highest BCUT2D eigenvalue weighted by atomic mass is 32.1. The second-order valence-corrected chi connectivity index (χ2v) is 10.0. The van der Waals surface area contributed by atoms with Gasteiger partial charge in [0.15, 0.2) is 5.11 Å². The third kappa shape index (κ3) is 5.43. The minimum Gasteiger partial charge on any atom is -0.478 e. The number of hydrogen-bond acceptors (Lipinski definition) is 4. The molecule has 0 unspecified atom stereocenters. The molecular weight excluding hydrogens is 529 g/mol. The van der Waals surface area contributed by atoms with Crippen LogP contribution in [0.2, 0.25) is 0 Å². The summed E-state index contributed by atoms with van der Waals surface area (Å²) < 4.78 is 15.3. The van der Waals surface area contributed by atoms with E-state index < -0.39 is 5.97 Å². The highest BCUT2D eigenvalue weighted by Crippen LogP contribution is 2.41. The van der Waals surface area contributed by atoms with Crippen LogP contribution in [0.15, 0.2) is 79.0 Å². The first-order valence-electron chi connectivity index (χ1n) is 12.8. The Kier molecular flexibility index (Phi) is 7.61. The first kappa shape index (κ1) is 27.0. The number of carboxylic acid groups (broad SMARTS) is 1. The Morgan fingerprint density at radius 1 is 1.07 bits per heavy atom. The van der Waals surface area contributed by atoms with Gasteiger partial charge in [-0.2, -0.15) is 0 Å². The molecule has 0 bridgehead atoms. The van der Waals surface area contributed by atoms with E-state index in [0.29, 0.717) is 17.3 Å². The van der Waals surface area contributed by atoms with Crippen LogP contribution in [-0.2, 0) is 4.79 Å². The summed E-state index contributed by atoms with van der Waals surface area (Å²) in [4.78, 5) is 31.0. The number of amides is 1. The van der Waals surface area contributed by atoms with Gasteiger partial charge < -0.3 is 25.2 Å². The smallest absolute Gasteiger partial charge is 0.335 e. The van der Waals surface area contributed by atoms with Crippen LogP contribution in [0.3, 0.4) is 0 Å². The highest BCUT2D eigenvalue weighted by Gasteiger charge is 2.41. The molecule has 1 amide bonds. The number of carbonyl (C=O) groups excluding carboxylic acids is 1. The van der Waals surface area contributed by atoms with Crippen molar-refractivity contribution in [2.24, 2.45) is 0 Å². The second-order valence-electron chi connectivity index (χ2n) is 9.64. The first-order chi connectivity index (χ1) is 19.2. The van der Waals surface area contributed by atoms with Gasteiger partial charge in [-0.15, -0.1) is 0 Å². The Labute approximate surface area is 236 Å². The van der Waals surface area contributed by atoms with Crippen molar-refractivity contribution < 1.29 is 19.1 Å². The van der Waals surface area contributed by atoms with Gasteiger partial charge in [0.1, 0.15) is 5.82 Å². The van der Waals surface area contributed by atoms with Crippen LogP contribution in [0.1, 0.15) is 51.5 Å². The molecule has 1 aliphatic rings. The Balaban J connectivity index is 1.48. The molecule has 1 fully saturated rings. The number of rotatable bonds is 8. The monoisotopic (exact) mass is 557 g/mol. The van der Waals surface area contributed by atoms with E-state index in [9.17, 15) is 19.1 Å². The molecule has 2 aromatic carbocycles. The molecule has 40 heavy (non-hydrogen) atoms. The van der Waals surface area contributed by atoms with Crippen molar-refractivity contribution in [2.45, 2.75) is 32.4 Å². The number of halogens is 1. The van der Waals surface area contributed by atoms with E-state index in [1.54, 1.807) is 24.4 Å². The number of carbonyl (C=O) groups is 2. The summed E-state index contributed by atoms with van der Waals surface area (Å²) in [5.74, 6) is -1.58. The van der Waals surface area contributed by atoms with E-state index in [1.807, 2.05) is 47.6 Å². The number of pyridine rings is 1. The molecule has 1 saturated heterocycles. The van der Waals surface area contributed by atoms with Crippen LogP contribution in [0, 0.1) is 19.7 Å². The number of carboxylic acids is 1. The molecule has 2 atom stereocenters. The third-order valence-electron chi connectivity index (χ3n) is 7.05. The maximum absolute atomic E-state index is 13.3. The molecule has 8 nitrogen and oxygen atoms in total. The topological polar surface area (TPSA) is 99.5 Å². The molecule has 3 N–H and O–H groups in total. The molecule has 5 rings (SSSR count). The normalized spacial score (nSPS) is 16.6. The van der Waals surface area contributed by atoms with Crippen LogP contribution in [-0.4, -0.2) is 43.1 Å². The summed E-state index contributed by atoms with van der Waals surface area (Å²) in [6.45, 7) is 4.30. The molecule has 0 saturated carbocycles. The largest absolute Gasteiger partial charge is 0.478 e. The number of nitrogens with zero attached hydrogens (tertiary/aromatic N) is 3. The van der Waals surface area contributed by atoms with Gasteiger partial charge in [-0.25, -0.2) is 9.18 Å². The number of hydrogen-bond donors (Lipinski definition) is 3. The van der Waals surface area contributed by atoms with Gasteiger partial charge in [0, 0.05) is 41.9 Å². The minimum atomic E-state index is -0.991. The Hall–Kier alpha value is -4.57. The number of aromatic carboxylic acids is 1. The molecule has 0 spiro atoms. The summed E-state index contributed by atoms with van der Waals surface area (Å²) in [6, 6.07) is 19.7. The van der Waals surface area contributed by atoms with Gasteiger partial charge in [-0.05, 0) is 92.3 Å². The number of thiocarbonyl (C=S) groups is 1. The molecule has 4 aromatic rings. The van der Waals surface area contributed by atoms with Gasteiger partial charge in [-0.3, -0.25) is 9.78 Å². The predicted octanol–water partition coefficient (Wildman–Crippen LogP) is 5.33. The molecule has 204 valence electrons. The van der Waals surface area contributed by atoms with Crippen LogP contribution in [0.5, 0.6) is 0 Å². The summed E-state index contributed by atoms with van der Waals surface area (Å²) in [6.07, 6.45) is 1.89. The number of aryl methyl sites for hydroxylation is 1. The van der Waals surface area contributed by atoms with E-state index in [0.717, 1.165) is 28.3 Å². The maximum Gasteiger partial charge on any atom is 0.335 e. The van der Waals surface area contributed by atoms with Crippen LogP contribution in [0.25, 0.3) is 5.69 Å². The van der Waals surface area contributed by atoms with Gasteiger partial charge in [0.05, 0.1) is 23.3 Å². The quantitative estimate of drug-likeness (QED) is 0.252. The van der Waals surface area contributed by atoms with Crippen molar-refractivity contribution in [1.82, 2.24) is 19.8 Å². The van der Waals surface area contributed by atoms with Gasteiger partial charge in [-0.1, -0.05) is 12.1 Å². The standard InChI is InChI=1S/C30H28FN5O3S/c1-18-16-24(19(2)36(18)23-7-5-6-20(17-23)29(38)39)28-27(25-8-3-4-14-32-25)34-30(40)35(28)15-13-26(37)33-22-11-9-21(31)10-12-22/h3-12,14,16-17,27-28H,13,15H2,1-2H3,(H,33,37)(H,34,40)(H,38,39)/t27-,28+/m0/s1. The van der Waals surface area contributed by atoms with Gasteiger partial charge in [0.25, 0.3) is 0 Å². The fourth-order valence-electron chi connectivity index (χ4n) is 5.23. The lowest BCUT2D eigenvalue weighted by molar-refractivity contribution is -0.116. The molecule has 1 aliphatic heterocycles. The average Bonchev–Trinajstić information content (AvgIpc) is 3.43. The van der Waals surface area contributed by atoms with E-state index in [4.69, 9.17) is 12.2 Å². The van der Waals surface area contributed by atoms with E-state index in [1.165, 1.54) is 24.3 Å². The number of benzene rings is 2. The summed E-state index contributed by atoms with van der Waals surface area (Å²) in [5, 5.41) is 16.2. The zero-order chi connectivity index (χ0) is 28.4. The van der Waals surface area contributed by atoms with Crippen molar-refractivity contribution in [2.75, 3.05) is 11.9 Å². The minimum absolute atomic E-state index is 0.157. The van der Waals surface area contributed by atoms with Crippen molar-refractivity contribution in [3.63, 3.8) is 0 Å². The van der Waals surface area contributed by atoms with E-state index >= 15 is 0 Å². The second kappa shape index (κ2) is 11.3. The third-order valence-corrected chi connectivity index (χ3v) is 7.40. The Morgan fingerprint density at radius 2 is 1.85 bits per heavy atom.